The van der Waals surface area contributed by atoms with Gasteiger partial charge in [0.25, 0.3) is 0 Å². The maximum absolute atomic E-state index is 12.5. The van der Waals surface area contributed by atoms with Crippen molar-refractivity contribution in [2.24, 2.45) is 17.3 Å². The minimum atomic E-state index is -1.05. The Labute approximate surface area is 344 Å². The second-order valence-corrected chi connectivity index (χ2v) is 15.4. The number of hydrogen-bond acceptors (Lipinski definition) is 12. The summed E-state index contributed by atoms with van der Waals surface area (Å²) in [5.74, 6) is -0.486. The Hall–Kier alpha value is -4.71. The largest absolute Gasteiger partial charge is 0.493 e. The first kappa shape index (κ1) is 47.7. The van der Waals surface area contributed by atoms with Crippen molar-refractivity contribution >= 4 is 29.7 Å². The number of unbranched alkanes of at least 4 members (excludes halogenated alkanes) is 2. The van der Waals surface area contributed by atoms with E-state index in [-0.39, 0.29) is 45.2 Å². The summed E-state index contributed by atoms with van der Waals surface area (Å²) in [6.45, 7) is 10.0. The van der Waals surface area contributed by atoms with Crippen LogP contribution in [0.1, 0.15) is 110 Å². The number of allylic oxidation sites excluding steroid dienone is 1. The number of Topliss-reactive ketones (excluding diaryl/α,β-unsaturated/α-hetero) is 1. The van der Waals surface area contributed by atoms with Crippen LogP contribution in [0.25, 0.3) is 11.1 Å². The summed E-state index contributed by atoms with van der Waals surface area (Å²) in [5.41, 5.74) is 1.97. The Morgan fingerprint density at radius 2 is 1.33 bits per heavy atom. The molecule has 320 valence electrons. The lowest BCUT2D eigenvalue weighted by Gasteiger charge is -2.32. The number of rotatable bonds is 27. The summed E-state index contributed by atoms with van der Waals surface area (Å²) in [5, 5.41) is 0. The predicted octanol–water partition coefficient (Wildman–Crippen LogP) is 8.55. The fourth-order valence-corrected chi connectivity index (χ4v) is 6.95. The smallest absolute Gasteiger partial charge is 0.317 e. The molecule has 0 unspecified atom stereocenters. The van der Waals surface area contributed by atoms with Gasteiger partial charge in [-0.3, -0.25) is 24.0 Å². The SMILES string of the molecule is C=C(C)C(=O)CCOCc1cc(-c2ccc(OCC3CCC(CCCCC)CC3)cc2)ccc1OCC(CCC)(COC(=O)CC(=O)OC)COC(=O)CC(=O)OC. The number of hydrogen-bond donors (Lipinski definition) is 0. The third kappa shape index (κ3) is 17.0. The highest BCUT2D eigenvalue weighted by molar-refractivity contribution is 5.94. The van der Waals surface area contributed by atoms with E-state index in [0.717, 1.165) is 29.4 Å². The molecule has 0 atom stereocenters. The summed E-state index contributed by atoms with van der Waals surface area (Å²) in [4.78, 5) is 60.7. The van der Waals surface area contributed by atoms with Crippen LogP contribution >= 0.6 is 0 Å². The molecule has 12 heteroatoms. The summed E-state index contributed by atoms with van der Waals surface area (Å²) in [6.07, 6.45) is 10.3. The molecule has 12 nitrogen and oxygen atoms in total. The number of esters is 4. The van der Waals surface area contributed by atoms with Gasteiger partial charge in [-0.1, -0.05) is 83.6 Å². The molecule has 1 saturated carbocycles. The highest BCUT2D eigenvalue weighted by Gasteiger charge is 2.35. The molecule has 0 spiro atoms. The molecule has 2 aromatic rings. The van der Waals surface area contributed by atoms with Crippen molar-refractivity contribution in [1.29, 1.82) is 0 Å². The zero-order valence-corrected chi connectivity index (χ0v) is 35.2. The Morgan fingerprint density at radius 1 is 0.724 bits per heavy atom. The molecule has 0 aliphatic heterocycles. The van der Waals surface area contributed by atoms with Crippen molar-refractivity contribution < 1.29 is 57.1 Å². The standard InChI is InChI=1S/C46H64O12/c1-7-9-10-11-34-12-14-35(15-13-34)28-55-39-19-16-36(17-20-39)37-18-21-41(38(25-37)29-54-24-22-40(47)33(3)4)56-30-46(23-8-2,31-57-44(50)26-42(48)52-5)32-58-45(51)27-43(49)53-6/h16-21,25,34-35H,3,7-15,22-24,26-32H2,1-2,4-6H3. The Balaban J connectivity index is 1.78. The van der Waals surface area contributed by atoms with Gasteiger partial charge in [0.05, 0.1) is 39.5 Å². The molecule has 0 aromatic heterocycles. The van der Waals surface area contributed by atoms with E-state index in [0.29, 0.717) is 35.6 Å². The van der Waals surface area contributed by atoms with E-state index in [1.807, 2.05) is 49.4 Å². The minimum absolute atomic E-state index is 0.0646. The zero-order valence-electron chi connectivity index (χ0n) is 35.2. The van der Waals surface area contributed by atoms with Crippen LogP contribution in [0.2, 0.25) is 0 Å². The molecule has 0 radical (unpaired) electrons. The first-order chi connectivity index (χ1) is 27.9. The molecule has 1 aliphatic carbocycles. The molecule has 0 heterocycles. The second-order valence-electron chi connectivity index (χ2n) is 15.4. The van der Waals surface area contributed by atoms with Crippen LogP contribution in [0.3, 0.4) is 0 Å². The van der Waals surface area contributed by atoms with Gasteiger partial charge in [0.2, 0.25) is 0 Å². The molecule has 1 fully saturated rings. The van der Waals surface area contributed by atoms with Crippen molar-refractivity contribution in [2.45, 2.75) is 111 Å². The zero-order chi connectivity index (χ0) is 42.3. The maximum atomic E-state index is 12.5. The van der Waals surface area contributed by atoms with Crippen molar-refractivity contribution in [3.63, 3.8) is 0 Å². The average Bonchev–Trinajstić information content (AvgIpc) is 3.22. The molecule has 0 bridgehead atoms. The number of carbonyl (C=O) groups excluding carboxylic acids is 5. The van der Waals surface area contributed by atoms with E-state index >= 15 is 0 Å². The predicted molar refractivity (Wildman–Crippen MR) is 219 cm³/mol. The van der Waals surface area contributed by atoms with Gasteiger partial charge in [-0.15, -0.1) is 0 Å². The van der Waals surface area contributed by atoms with Gasteiger partial charge in [0.15, 0.2) is 5.78 Å². The van der Waals surface area contributed by atoms with Crippen LogP contribution in [-0.4, -0.2) is 76.9 Å². The van der Waals surface area contributed by atoms with E-state index in [1.54, 1.807) is 6.92 Å². The van der Waals surface area contributed by atoms with Gasteiger partial charge >= 0.3 is 23.9 Å². The van der Waals surface area contributed by atoms with Crippen LogP contribution in [-0.2, 0) is 54.3 Å². The molecular formula is C46H64O12. The monoisotopic (exact) mass is 808 g/mol. The van der Waals surface area contributed by atoms with Crippen molar-refractivity contribution in [1.82, 2.24) is 0 Å². The molecule has 58 heavy (non-hydrogen) atoms. The quantitative estimate of drug-likeness (QED) is 0.0280. The van der Waals surface area contributed by atoms with Gasteiger partial charge in [-0.25, -0.2) is 0 Å². The molecule has 0 amide bonds. The van der Waals surface area contributed by atoms with Crippen molar-refractivity contribution in [3.05, 3.63) is 60.2 Å². The van der Waals surface area contributed by atoms with Gasteiger partial charge in [0.1, 0.15) is 44.2 Å². The number of ketones is 1. The van der Waals surface area contributed by atoms with Crippen molar-refractivity contribution in [2.75, 3.05) is 47.3 Å². The highest BCUT2D eigenvalue weighted by atomic mass is 16.6. The van der Waals surface area contributed by atoms with E-state index in [2.05, 4.69) is 23.0 Å². The minimum Gasteiger partial charge on any atom is -0.493 e. The molecular weight excluding hydrogens is 744 g/mol. The summed E-state index contributed by atoms with van der Waals surface area (Å²) in [7, 11) is 2.34. The van der Waals surface area contributed by atoms with Crippen LogP contribution in [0, 0.1) is 17.3 Å². The molecule has 0 saturated heterocycles. The maximum Gasteiger partial charge on any atom is 0.317 e. The number of ether oxygens (including phenoxy) is 7. The van der Waals surface area contributed by atoms with Crippen LogP contribution in [0.5, 0.6) is 11.5 Å². The Bertz CT molecular complexity index is 1590. The lowest BCUT2D eigenvalue weighted by atomic mass is 9.80. The molecule has 1 aliphatic rings. The Kier molecular flexibility index (Phi) is 21.0. The highest BCUT2D eigenvalue weighted by Crippen LogP contribution is 2.34. The average molecular weight is 809 g/mol. The van der Waals surface area contributed by atoms with Crippen LogP contribution in [0.15, 0.2) is 54.6 Å². The fourth-order valence-electron chi connectivity index (χ4n) is 6.95. The summed E-state index contributed by atoms with van der Waals surface area (Å²) >= 11 is 0. The van der Waals surface area contributed by atoms with Gasteiger partial charge < -0.3 is 33.2 Å². The Morgan fingerprint density at radius 3 is 1.90 bits per heavy atom. The van der Waals surface area contributed by atoms with Gasteiger partial charge in [-0.05, 0) is 79.0 Å². The normalized spacial score (nSPS) is 15.2. The van der Waals surface area contributed by atoms with Crippen molar-refractivity contribution in [3.8, 4) is 22.6 Å². The third-order valence-corrected chi connectivity index (χ3v) is 10.5. The van der Waals surface area contributed by atoms with Gasteiger partial charge in [-0.2, -0.15) is 0 Å². The van der Waals surface area contributed by atoms with Crippen LogP contribution in [0.4, 0.5) is 0 Å². The number of carbonyl (C=O) groups is 5. The van der Waals surface area contributed by atoms with Crippen LogP contribution < -0.4 is 9.47 Å². The fraction of sp³-hybridized carbons (Fsp3) is 0.587. The lowest BCUT2D eigenvalue weighted by Crippen LogP contribution is -2.40. The first-order valence-electron chi connectivity index (χ1n) is 20.6. The van der Waals surface area contributed by atoms with E-state index in [9.17, 15) is 24.0 Å². The second kappa shape index (κ2) is 25.6. The van der Waals surface area contributed by atoms with E-state index < -0.39 is 42.1 Å². The lowest BCUT2D eigenvalue weighted by molar-refractivity contribution is -0.161. The summed E-state index contributed by atoms with van der Waals surface area (Å²) in [6, 6.07) is 13.7. The van der Waals surface area contributed by atoms with E-state index in [1.165, 1.54) is 65.6 Å². The van der Waals surface area contributed by atoms with Gasteiger partial charge in [0, 0.05) is 12.0 Å². The number of benzene rings is 2. The van der Waals surface area contributed by atoms with E-state index in [4.69, 9.17) is 23.7 Å². The first-order valence-corrected chi connectivity index (χ1v) is 20.6. The number of methoxy groups -OCH3 is 2. The summed E-state index contributed by atoms with van der Waals surface area (Å²) < 4.78 is 38.8. The topological polar surface area (TPSA) is 150 Å². The molecule has 3 rings (SSSR count). The molecule has 0 N–H and O–H groups in total. The molecule has 2 aromatic carbocycles. The third-order valence-electron chi connectivity index (χ3n) is 10.5.